The second kappa shape index (κ2) is 7.81. The van der Waals surface area contributed by atoms with Crippen molar-refractivity contribution in [1.29, 1.82) is 0 Å². The van der Waals surface area contributed by atoms with E-state index in [1.807, 2.05) is 27.8 Å². The summed E-state index contributed by atoms with van der Waals surface area (Å²) in [6.45, 7) is 5.72. The molecule has 1 aromatic heterocycles. The summed E-state index contributed by atoms with van der Waals surface area (Å²) in [7, 11) is 1.87. The van der Waals surface area contributed by atoms with Crippen molar-refractivity contribution in [1.82, 2.24) is 15.1 Å². The van der Waals surface area contributed by atoms with E-state index >= 15 is 0 Å². The van der Waals surface area contributed by atoms with E-state index in [1.54, 1.807) is 4.68 Å². The van der Waals surface area contributed by atoms with Crippen LogP contribution in [0.1, 0.15) is 68.3 Å². The number of carboxylic acids is 1. The van der Waals surface area contributed by atoms with Crippen LogP contribution in [0.5, 0.6) is 0 Å². The predicted octanol–water partition coefficient (Wildman–Crippen LogP) is 2.68. The second-order valence-corrected chi connectivity index (χ2v) is 6.98. The third-order valence-electron chi connectivity index (χ3n) is 5.30. The lowest BCUT2D eigenvalue weighted by Crippen LogP contribution is -2.45. The van der Waals surface area contributed by atoms with Gasteiger partial charge >= 0.3 is 5.97 Å². The van der Waals surface area contributed by atoms with Crippen LogP contribution in [0.15, 0.2) is 0 Å². The minimum Gasteiger partial charge on any atom is -0.481 e. The topological polar surface area (TPSA) is 84.2 Å². The van der Waals surface area contributed by atoms with Crippen molar-refractivity contribution >= 4 is 11.9 Å². The molecular weight excluding hydrogens is 306 g/mol. The molecule has 1 saturated carbocycles. The Balaban J connectivity index is 2.14. The monoisotopic (exact) mass is 335 g/mol. The highest BCUT2D eigenvalue weighted by Crippen LogP contribution is 2.26. The number of carbonyl (C=O) groups is 2. The van der Waals surface area contributed by atoms with E-state index in [2.05, 4.69) is 10.4 Å². The van der Waals surface area contributed by atoms with Gasteiger partial charge < -0.3 is 10.4 Å². The van der Waals surface area contributed by atoms with Gasteiger partial charge in [0.25, 0.3) is 0 Å². The van der Waals surface area contributed by atoms with Gasteiger partial charge in [-0.3, -0.25) is 14.3 Å². The fourth-order valence-corrected chi connectivity index (χ4v) is 3.81. The third-order valence-corrected chi connectivity index (χ3v) is 5.30. The van der Waals surface area contributed by atoms with Crippen molar-refractivity contribution < 1.29 is 14.7 Å². The summed E-state index contributed by atoms with van der Waals surface area (Å²) in [6, 6.07) is -0.282. The molecule has 0 aromatic carbocycles. The smallest absolute Gasteiger partial charge is 0.308 e. The molecular formula is C18H29N3O3. The van der Waals surface area contributed by atoms with Gasteiger partial charge in [0.2, 0.25) is 5.91 Å². The van der Waals surface area contributed by atoms with Crippen molar-refractivity contribution in [3.63, 3.8) is 0 Å². The summed E-state index contributed by atoms with van der Waals surface area (Å²) in [4.78, 5) is 24.3. The molecule has 2 rings (SSSR count). The number of hydrogen-bond donors (Lipinski definition) is 2. The molecule has 0 spiro atoms. The van der Waals surface area contributed by atoms with Crippen molar-refractivity contribution in [2.45, 2.75) is 71.3 Å². The Hall–Kier alpha value is -1.85. The van der Waals surface area contributed by atoms with Crippen LogP contribution < -0.4 is 5.32 Å². The maximum Gasteiger partial charge on any atom is 0.308 e. The summed E-state index contributed by atoms with van der Waals surface area (Å²) in [5, 5.41) is 16.9. The molecule has 6 heteroatoms. The van der Waals surface area contributed by atoms with E-state index in [1.165, 1.54) is 0 Å². The number of hydrogen-bond acceptors (Lipinski definition) is 3. The molecule has 6 nitrogen and oxygen atoms in total. The highest BCUT2D eigenvalue weighted by atomic mass is 16.4. The number of amides is 1. The lowest BCUT2D eigenvalue weighted by molar-refractivity contribution is -0.143. The Labute approximate surface area is 143 Å². The molecule has 1 fully saturated rings. The van der Waals surface area contributed by atoms with Crippen LogP contribution in [0.25, 0.3) is 0 Å². The molecule has 0 radical (unpaired) electrons. The Bertz CT molecular complexity index is 609. The zero-order valence-corrected chi connectivity index (χ0v) is 15.1. The first-order chi connectivity index (χ1) is 11.3. The van der Waals surface area contributed by atoms with Crippen LogP contribution in [-0.2, 0) is 16.6 Å². The summed E-state index contributed by atoms with van der Waals surface area (Å²) in [5.74, 6) is -1.73. The number of rotatable bonds is 4. The summed E-state index contributed by atoms with van der Waals surface area (Å²) >= 11 is 0. The van der Waals surface area contributed by atoms with E-state index in [9.17, 15) is 14.7 Å². The lowest BCUT2D eigenvalue weighted by atomic mass is 9.86. The number of aryl methyl sites for hydroxylation is 2. The summed E-state index contributed by atoms with van der Waals surface area (Å²) in [6.07, 6.45) is 5.44. The molecule has 134 valence electrons. The Morgan fingerprint density at radius 1 is 1.21 bits per heavy atom. The molecule has 2 N–H and O–H groups in total. The number of aliphatic carboxylic acids is 1. The number of carbonyl (C=O) groups excluding carboxylic acids is 1. The second-order valence-electron chi connectivity index (χ2n) is 6.98. The van der Waals surface area contributed by atoms with Gasteiger partial charge in [0.05, 0.1) is 17.5 Å². The van der Waals surface area contributed by atoms with Gasteiger partial charge in [-0.1, -0.05) is 25.7 Å². The van der Waals surface area contributed by atoms with Crippen LogP contribution in [0.4, 0.5) is 0 Å². The maximum atomic E-state index is 12.8. The maximum absolute atomic E-state index is 12.8. The fourth-order valence-electron chi connectivity index (χ4n) is 3.81. The van der Waals surface area contributed by atoms with E-state index in [0.29, 0.717) is 6.42 Å². The van der Waals surface area contributed by atoms with Crippen LogP contribution in [-0.4, -0.2) is 32.8 Å². The predicted molar refractivity (Wildman–Crippen MR) is 91.9 cm³/mol. The first-order valence-corrected chi connectivity index (χ1v) is 8.86. The van der Waals surface area contributed by atoms with Crippen LogP contribution in [0.3, 0.4) is 0 Å². The zero-order chi connectivity index (χ0) is 17.9. The van der Waals surface area contributed by atoms with Gasteiger partial charge in [0, 0.05) is 24.3 Å². The van der Waals surface area contributed by atoms with Crippen molar-refractivity contribution in [3.8, 4) is 0 Å². The molecule has 1 heterocycles. The first kappa shape index (κ1) is 18.5. The highest BCUT2D eigenvalue weighted by Gasteiger charge is 2.32. The Morgan fingerprint density at radius 3 is 2.38 bits per heavy atom. The first-order valence-electron chi connectivity index (χ1n) is 8.86. The standard InChI is InChI=1S/C18H29N3O3/c1-11(16-12(2)20-21(4)13(16)3)17(22)19-15-10-8-6-5-7-9-14(15)18(23)24/h11,14-15H,5-10H2,1-4H3,(H,19,22)(H,23,24). The van der Waals surface area contributed by atoms with E-state index in [-0.39, 0.29) is 17.9 Å². The normalized spacial score (nSPS) is 23.2. The lowest BCUT2D eigenvalue weighted by Gasteiger charge is -2.28. The fraction of sp³-hybridized carbons (Fsp3) is 0.722. The van der Waals surface area contributed by atoms with E-state index in [4.69, 9.17) is 0 Å². The third kappa shape index (κ3) is 3.97. The number of nitrogens with one attached hydrogen (secondary N) is 1. The van der Waals surface area contributed by atoms with Crippen molar-refractivity contribution in [2.75, 3.05) is 0 Å². The summed E-state index contributed by atoms with van der Waals surface area (Å²) in [5.41, 5.74) is 2.76. The molecule has 1 aliphatic rings. The molecule has 1 aliphatic carbocycles. The van der Waals surface area contributed by atoms with Gasteiger partial charge in [0.15, 0.2) is 0 Å². The molecule has 1 aromatic rings. The average Bonchev–Trinajstić information content (AvgIpc) is 2.73. The largest absolute Gasteiger partial charge is 0.481 e. The average molecular weight is 335 g/mol. The van der Waals surface area contributed by atoms with E-state index < -0.39 is 11.9 Å². The molecule has 0 saturated heterocycles. The van der Waals surface area contributed by atoms with Crippen molar-refractivity contribution in [2.24, 2.45) is 13.0 Å². The molecule has 3 atom stereocenters. The van der Waals surface area contributed by atoms with E-state index in [0.717, 1.165) is 49.1 Å². The van der Waals surface area contributed by atoms with Gasteiger partial charge in [-0.05, 0) is 33.6 Å². The molecule has 1 amide bonds. The minimum absolute atomic E-state index is 0.106. The number of aromatic nitrogens is 2. The Kier molecular flexibility index (Phi) is 6.02. The number of carboxylic acid groups (broad SMARTS) is 1. The zero-order valence-electron chi connectivity index (χ0n) is 15.1. The number of nitrogens with zero attached hydrogens (tertiary/aromatic N) is 2. The summed E-state index contributed by atoms with van der Waals surface area (Å²) < 4.78 is 1.78. The SMILES string of the molecule is Cc1nn(C)c(C)c1C(C)C(=O)NC1CCCCCCC1C(=O)O. The van der Waals surface area contributed by atoms with Gasteiger partial charge in [-0.15, -0.1) is 0 Å². The quantitative estimate of drug-likeness (QED) is 0.886. The molecule has 24 heavy (non-hydrogen) atoms. The van der Waals surface area contributed by atoms with Crippen molar-refractivity contribution in [3.05, 3.63) is 17.0 Å². The van der Waals surface area contributed by atoms with Crippen LogP contribution >= 0.6 is 0 Å². The van der Waals surface area contributed by atoms with Crippen LogP contribution in [0, 0.1) is 19.8 Å². The molecule has 0 bridgehead atoms. The van der Waals surface area contributed by atoms with Gasteiger partial charge in [0.1, 0.15) is 0 Å². The highest BCUT2D eigenvalue weighted by molar-refractivity contribution is 5.84. The van der Waals surface area contributed by atoms with Crippen LogP contribution in [0.2, 0.25) is 0 Å². The Morgan fingerprint density at radius 2 is 1.83 bits per heavy atom. The van der Waals surface area contributed by atoms with Gasteiger partial charge in [-0.2, -0.15) is 5.10 Å². The minimum atomic E-state index is -0.802. The molecule has 3 unspecified atom stereocenters. The molecule has 0 aliphatic heterocycles. The van der Waals surface area contributed by atoms with Gasteiger partial charge in [-0.25, -0.2) is 0 Å².